The molecule has 1 aromatic carbocycles. The second-order valence-electron chi connectivity index (χ2n) is 5.56. The van der Waals surface area contributed by atoms with Crippen LogP contribution in [-0.2, 0) is 16.6 Å². The zero-order valence-electron chi connectivity index (χ0n) is 11.7. The number of rotatable bonds is 4. The van der Waals surface area contributed by atoms with Gasteiger partial charge in [-0.2, -0.15) is 0 Å². The minimum atomic E-state index is -0.405. The first kappa shape index (κ1) is 14.1. The molecule has 1 aromatic rings. The SMILES string of the molecule is CCCc1ccc(C2(C(=O)NN)CCCCC2)cc1. The number of aryl methyl sites for hydroxylation is 1. The van der Waals surface area contributed by atoms with E-state index in [0.717, 1.165) is 44.1 Å². The Hall–Kier alpha value is -1.35. The van der Waals surface area contributed by atoms with Crippen molar-refractivity contribution in [1.82, 2.24) is 5.43 Å². The molecule has 19 heavy (non-hydrogen) atoms. The van der Waals surface area contributed by atoms with Gasteiger partial charge < -0.3 is 0 Å². The molecule has 3 N–H and O–H groups in total. The fraction of sp³-hybridized carbons (Fsp3) is 0.562. The number of hydrogen-bond acceptors (Lipinski definition) is 2. The van der Waals surface area contributed by atoms with Crippen LogP contribution in [0.25, 0.3) is 0 Å². The summed E-state index contributed by atoms with van der Waals surface area (Å²) in [7, 11) is 0. The lowest BCUT2D eigenvalue weighted by Gasteiger charge is -2.35. The normalized spacial score (nSPS) is 18.0. The van der Waals surface area contributed by atoms with Gasteiger partial charge in [-0.15, -0.1) is 0 Å². The number of carbonyl (C=O) groups excluding carboxylic acids is 1. The second-order valence-corrected chi connectivity index (χ2v) is 5.56. The largest absolute Gasteiger partial charge is 0.293 e. The molecular weight excluding hydrogens is 236 g/mol. The van der Waals surface area contributed by atoms with Crippen molar-refractivity contribution >= 4 is 5.91 Å². The van der Waals surface area contributed by atoms with E-state index in [-0.39, 0.29) is 5.91 Å². The van der Waals surface area contributed by atoms with Crippen LogP contribution in [0.2, 0.25) is 0 Å². The summed E-state index contributed by atoms with van der Waals surface area (Å²) in [6.45, 7) is 2.18. The van der Waals surface area contributed by atoms with Crippen molar-refractivity contribution in [2.45, 2.75) is 57.3 Å². The molecular formula is C16H24N2O. The molecule has 0 saturated heterocycles. The number of carbonyl (C=O) groups is 1. The molecule has 0 aliphatic heterocycles. The highest BCUT2D eigenvalue weighted by molar-refractivity contribution is 5.87. The van der Waals surface area contributed by atoms with Crippen LogP contribution in [0.3, 0.4) is 0 Å². The molecule has 3 heteroatoms. The molecule has 1 aliphatic rings. The van der Waals surface area contributed by atoms with Gasteiger partial charge in [0.25, 0.3) is 0 Å². The predicted octanol–water partition coefficient (Wildman–Crippen LogP) is 2.83. The van der Waals surface area contributed by atoms with Crippen molar-refractivity contribution in [3.05, 3.63) is 35.4 Å². The van der Waals surface area contributed by atoms with Crippen molar-refractivity contribution in [3.63, 3.8) is 0 Å². The predicted molar refractivity (Wildman–Crippen MR) is 77.5 cm³/mol. The second kappa shape index (κ2) is 6.20. The Balaban J connectivity index is 2.29. The summed E-state index contributed by atoms with van der Waals surface area (Å²) < 4.78 is 0. The number of hydrogen-bond donors (Lipinski definition) is 2. The Kier molecular flexibility index (Phi) is 4.59. The van der Waals surface area contributed by atoms with Crippen LogP contribution in [-0.4, -0.2) is 5.91 Å². The van der Waals surface area contributed by atoms with Crippen LogP contribution in [0.15, 0.2) is 24.3 Å². The third-order valence-electron chi connectivity index (χ3n) is 4.32. The number of amides is 1. The average molecular weight is 260 g/mol. The lowest BCUT2D eigenvalue weighted by molar-refractivity contribution is -0.128. The number of benzene rings is 1. The van der Waals surface area contributed by atoms with Crippen LogP contribution in [0.1, 0.15) is 56.6 Å². The molecule has 0 radical (unpaired) electrons. The molecule has 1 amide bonds. The van der Waals surface area contributed by atoms with E-state index < -0.39 is 5.41 Å². The first-order chi connectivity index (χ1) is 9.23. The van der Waals surface area contributed by atoms with E-state index >= 15 is 0 Å². The molecule has 2 rings (SSSR count). The van der Waals surface area contributed by atoms with Crippen molar-refractivity contribution in [3.8, 4) is 0 Å². The average Bonchev–Trinajstić information content (AvgIpc) is 2.48. The molecule has 0 aromatic heterocycles. The Bertz CT molecular complexity index is 419. The third kappa shape index (κ3) is 2.81. The summed E-state index contributed by atoms with van der Waals surface area (Å²) >= 11 is 0. The van der Waals surface area contributed by atoms with Gasteiger partial charge in [-0.05, 0) is 30.4 Å². The quantitative estimate of drug-likeness (QED) is 0.497. The summed E-state index contributed by atoms with van der Waals surface area (Å²) in [5, 5.41) is 0. The van der Waals surface area contributed by atoms with E-state index in [9.17, 15) is 4.79 Å². The molecule has 1 fully saturated rings. The maximum atomic E-state index is 12.3. The summed E-state index contributed by atoms with van der Waals surface area (Å²) in [6, 6.07) is 8.54. The first-order valence-electron chi connectivity index (χ1n) is 7.33. The van der Waals surface area contributed by atoms with Crippen molar-refractivity contribution in [2.24, 2.45) is 5.84 Å². The highest BCUT2D eigenvalue weighted by Crippen LogP contribution is 2.39. The van der Waals surface area contributed by atoms with E-state index in [2.05, 4.69) is 36.6 Å². The molecule has 0 bridgehead atoms. The van der Waals surface area contributed by atoms with E-state index in [0.29, 0.717) is 0 Å². The summed E-state index contributed by atoms with van der Waals surface area (Å²) in [4.78, 5) is 12.3. The zero-order chi connectivity index (χ0) is 13.7. The Morgan fingerprint density at radius 1 is 1.21 bits per heavy atom. The molecule has 0 unspecified atom stereocenters. The standard InChI is InChI=1S/C16H24N2O/c1-2-6-13-7-9-14(10-8-13)16(15(19)18-17)11-4-3-5-12-16/h7-10H,2-6,11-12,17H2,1H3,(H,18,19). The van der Waals surface area contributed by atoms with E-state index in [1.165, 1.54) is 12.0 Å². The van der Waals surface area contributed by atoms with E-state index in [4.69, 9.17) is 5.84 Å². The number of nitrogens with two attached hydrogens (primary N) is 1. The maximum absolute atomic E-state index is 12.3. The highest BCUT2D eigenvalue weighted by atomic mass is 16.2. The smallest absolute Gasteiger partial charge is 0.244 e. The number of hydrazine groups is 1. The zero-order valence-corrected chi connectivity index (χ0v) is 11.7. The van der Waals surface area contributed by atoms with Gasteiger partial charge in [0.15, 0.2) is 0 Å². The molecule has 104 valence electrons. The summed E-state index contributed by atoms with van der Waals surface area (Å²) in [6.07, 6.45) is 7.47. The summed E-state index contributed by atoms with van der Waals surface area (Å²) in [5.74, 6) is 5.37. The lowest BCUT2D eigenvalue weighted by Crippen LogP contribution is -2.48. The van der Waals surface area contributed by atoms with Gasteiger partial charge in [0, 0.05) is 0 Å². The van der Waals surface area contributed by atoms with Gasteiger partial charge in [0.05, 0.1) is 5.41 Å². The summed E-state index contributed by atoms with van der Waals surface area (Å²) in [5.41, 5.74) is 4.43. The van der Waals surface area contributed by atoms with Crippen LogP contribution < -0.4 is 11.3 Å². The Morgan fingerprint density at radius 3 is 2.37 bits per heavy atom. The number of nitrogens with one attached hydrogen (secondary N) is 1. The Labute approximate surface area is 115 Å². The van der Waals surface area contributed by atoms with Gasteiger partial charge in [-0.3, -0.25) is 10.2 Å². The van der Waals surface area contributed by atoms with Crippen molar-refractivity contribution in [2.75, 3.05) is 0 Å². The van der Waals surface area contributed by atoms with Crippen LogP contribution in [0, 0.1) is 0 Å². The minimum Gasteiger partial charge on any atom is -0.293 e. The van der Waals surface area contributed by atoms with Gasteiger partial charge >= 0.3 is 0 Å². The third-order valence-corrected chi connectivity index (χ3v) is 4.32. The van der Waals surface area contributed by atoms with Crippen LogP contribution in [0.5, 0.6) is 0 Å². The van der Waals surface area contributed by atoms with Crippen LogP contribution in [0.4, 0.5) is 0 Å². The van der Waals surface area contributed by atoms with Crippen molar-refractivity contribution in [1.29, 1.82) is 0 Å². The monoisotopic (exact) mass is 260 g/mol. The van der Waals surface area contributed by atoms with E-state index in [1.54, 1.807) is 0 Å². The van der Waals surface area contributed by atoms with Gasteiger partial charge in [-0.25, -0.2) is 5.84 Å². The fourth-order valence-electron chi connectivity index (χ4n) is 3.22. The highest BCUT2D eigenvalue weighted by Gasteiger charge is 2.40. The lowest BCUT2D eigenvalue weighted by atomic mass is 9.68. The Morgan fingerprint density at radius 2 is 1.84 bits per heavy atom. The van der Waals surface area contributed by atoms with Gasteiger partial charge in [0.2, 0.25) is 5.91 Å². The molecule has 0 spiro atoms. The minimum absolute atomic E-state index is 0.0320. The van der Waals surface area contributed by atoms with Gasteiger partial charge in [-0.1, -0.05) is 56.9 Å². The first-order valence-corrected chi connectivity index (χ1v) is 7.33. The van der Waals surface area contributed by atoms with Crippen molar-refractivity contribution < 1.29 is 4.79 Å². The molecule has 3 nitrogen and oxygen atoms in total. The molecule has 0 heterocycles. The molecule has 1 saturated carbocycles. The maximum Gasteiger partial charge on any atom is 0.244 e. The fourth-order valence-corrected chi connectivity index (χ4v) is 3.22. The molecule has 1 aliphatic carbocycles. The molecule has 0 atom stereocenters. The van der Waals surface area contributed by atoms with E-state index in [1.807, 2.05) is 0 Å². The van der Waals surface area contributed by atoms with Crippen LogP contribution >= 0.6 is 0 Å². The topological polar surface area (TPSA) is 55.1 Å². The van der Waals surface area contributed by atoms with Gasteiger partial charge in [0.1, 0.15) is 0 Å².